The molecule has 3 nitrogen and oxygen atoms in total. The first kappa shape index (κ1) is 13.9. The van der Waals surface area contributed by atoms with Gasteiger partial charge in [-0.25, -0.2) is 0 Å². The van der Waals surface area contributed by atoms with Crippen LogP contribution in [-0.4, -0.2) is 15.2 Å². The summed E-state index contributed by atoms with van der Waals surface area (Å²) in [7, 11) is 2.06. The summed E-state index contributed by atoms with van der Waals surface area (Å²) in [6.45, 7) is 6.61. The molecule has 2 rings (SSSR count). The monoisotopic (exact) mass is 404 g/mol. The van der Waals surface area contributed by atoms with Crippen molar-refractivity contribution in [1.82, 2.24) is 9.13 Å². The van der Waals surface area contributed by atoms with Gasteiger partial charge in [-0.2, -0.15) is 0 Å². The third-order valence-electron chi connectivity index (χ3n) is 2.77. The second-order valence-corrected chi connectivity index (χ2v) is 6.40. The Kier molecular flexibility index (Phi) is 4.75. The summed E-state index contributed by atoms with van der Waals surface area (Å²) in [5, 5.41) is 0. The summed E-state index contributed by atoms with van der Waals surface area (Å²) in [5.74, 6) is 0. The summed E-state index contributed by atoms with van der Waals surface area (Å²) in [6.07, 6.45) is 8.08. The van der Waals surface area contributed by atoms with Gasteiger partial charge in [-0.3, -0.25) is 0 Å². The molecule has 1 aliphatic rings. The fourth-order valence-corrected chi connectivity index (χ4v) is 2.47. The van der Waals surface area contributed by atoms with Crippen LogP contribution in [0.25, 0.3) is 0 Å². The second-order valence-electron chi connectivity index (χ2n) is 5.38. The molecule has 0 atom stereocenters. The van der Waals surface area contributed by atoms with E-state index in [4.69, 9.17) is 5.73 Å². The van der Waals surface area contributed by atoms with Crippen LogP contribution in [0.15, 0.2) is 12.4 Å². The van der Waals surface area contributed by atoms with E-state index in [9.17, 15) is 0 Å². The third-order valence-corrected chi connectivity index (χ3v) is 4.11. The Morgan fingerprint density at radius 2 is 1.81 bits per heavy atom. The summed E-state index contributed by atoms with van der Waals surface area (Å²) < 4.78 is 5.64. The molecule has 1 aromatic rings. The van der Waals surface area contributed by atoms with Gasteiger partial charge in [0.05, 0.1) is 0 Å². The molecule has 0 spiro atoms. The number of rotatable bonds is 0. The quantitative estimate of drug-likeness (QED) is 0.707. The largest absolute Gasteiger partial charge is 0.328 e. The van der Waals surface area contributed by atoms with Crippen LogP contribution in [0, 0.1) is 3.80 Å². The van der Waals surface area contributed by atoms with Gasteiger partial charge in [0.25, 0.3) is 0 Å². The van der Waals surface area contributed by atoms with Gasteiger partial charge in [0.1, 0.15) is 0 Å². The second kappa shape index (κ2) is 5.46. The van der Waals surface area contributed by atoms with Crippen LogP contribution < -0.4 is 5.73 Å². The van der Waals surface area contributed by atoms with Gasteiger partial charge in [-0.1, -0.05) is 6.42 Å². The molecule has 0 bridgehead atoms. The average Bonchev–Trinajstić information content (AvgIpc) is 2.44. The van der Waals surface area contributed by atoms with E-state index in [2.05, 4.69) is 68.7 Å². The summed E-state index contributed by atoms with van der Waals surface area (Å²) in [6, 6.07) is 0.565. The van der Waals surface area contributed by atoms with Crippen LogP contribution in [0.1, 0.15) is 40.0 Å². The van der Waals surface area contributed by atoms with Gasteiger partial charge in [0, 0.05) is 6.04 Å². The number of hydrogen-bond acceptors (Lipinski definition) is 1. The van der Waals surface area contributed by atoms with Crippen LogP contribution in [0.2, 0.25) is 0 Å². The minimum atomic E-state index is 0.193. The molecule has 0 amide bonds. The van der Waals surface area contributed by atoms with E-state index in [-0.39, 0.29) is 5.54 Å². The Balaban J connectivity index is 0.000000212. The predicted octanol–water partition coefficient (Wildman–Crippen LogP) is 2.16. The predicted molar refractivity (Wildman–Crippen MR) is 63.5 cm³/mol. The Hall–Kier alpha value is -0.142. The van der Waals surface area contributed by atoms with Crippen molar-refractivity contribution >= 4 is 0 Å². The van der Waals surface area contributed by atoms with Gasteiger partial charge in [-0.05, 0) is 12.8 Å². The third kappa shape index (κ3) is 3.71. The molecule has 96 valence electrons. The molecular weight excluding hydrogens is 381 g/mol. The molecule has 0 radical (unpaired) electrons. The summed E-state index contributed by atoms with van der Waals surface area (Å²) >= 11 is 2.33. The maximum atomic E-state index is 5.38. The van der Waals surface area contributed by atoms with Crippen LogP contribution in [0.5, 0.6) is 0 Å². The van der Waals surface area contributed by atoms with Crippen LogP contribution in [0.3, 0.4) is 0 Å². The molecule has 1 aromatic heterocycles. The van der Waals surface area contributed by atoms with Crippen molar-refractivity contribution < 1.29 is 19.4 Å². The van der Waals surface area contributed by atoms with E-state index < -0.39 is 0 Å². The molecule has 1 aliphatic carbocycles. The van der Waals surface area contributed by atoms with E-state index in [1.165, 1.54) is 23.1 Å². The molecule has 0 saturated heterocycles. The molecule has 2 N–H and O–H groups in total. The first-order chi connectivity index (χ1) is 7.32. The number of imidazole rings is 1. The Morgan fingerprint density at radius 1 is 1.31 bits per heavy atom. The Morgan fingerprint density at radius 3 is 1.94 bits per heavy atom. The molecule has 0 aliphatic heterocycles. The van der Waals surface area contributed by atoms with Crippen molar-refractivity contribution in [2.24, 2.45) is 12.8 Å². The number of aromatic nitrogens is 2. The van der Waals surface area contributed by atoms with Crippen molar-refractivity contribution in [3.63, 3.8) is 0 Å². The average molecular weight is 404 g/mol. The number of hydrogen-bond donors (Lipinski definition) is 1. The topological polar surface area (TPSA) is 35.9 Å². The molecular formula is C12H23N3Pt. The minimum absolute atomic E-state index is 0.193. The SMILES string of the molecule is Cn1ccn(C(C)(C)C)[c]1=[Pt].NC1CCC1. The molecule has 4 heteroatoms. The molecule has 16 heavy (non-hydrogen) atoms. The zero-order valence-electron chi connectivity index (χ0n) is 10.6. The first-order valence-electron chi connectivity index (χ1n) is 5.78. The zero-order chi connectivity index (χ0) is 12.3. The smallest absolute Gasteiger partial charge is 0.00388 e. The van der Waals surface area contributed by atoms with Crippen LogP contribution >= 0.6 is 0 Å². The number of aryl methyl sites for hydroxylation is 1. The molecule has 0 aromatic carbocycles. The van der Waals surface area contributed by atoms with Crippen molar-refractivity contribution in [2.45, 2.75) is 51.6 Å². The van der Waals surface area contributed by atoms with E-state index in [1.54, 1.807) is 0 Å². The standard InChI is InChI=1S/C8H14N2.C4H9N.Pt/c1-8(2,3)10-6-5-9(4)7-10;5-4-2-1-3-4;/h5-6H,1-4H3;4H,1-3,5H2;. The zero-order valence-corrected chi connectivity index (χ0v) is 12.9. The Bertz CT molecular complexity index is 380. The van der Waals surface area contributed by atoms with Crippen LogP contribution in [0.4, 0.5) is 0 Å². The minimum Gasteiger partial charge on any atom is -0.328 e. The van der Waals surface area contributed by atoms with Crippen molar-refractivity contribution in [2.75, 3.05) is 0 Å². The van der Waals surface area contributed by atoms with Crippen molar-refractivity contribution in [1.29, 1.82) is 0 Å². The molecule has 1 fully saturated rings. The van der Waals surface area contributed by atoms with E-state index in [0.717, 1.165) is 0 Å². The maximum Gasteiger partial charge on any atom is 0.00388 e. The Labute approximate surface area is 109 Å². The van der Waals surface area contributed by atoms with Gasteiger partial charge >= 0.3 is 78.0 Å². The van der Waals surface area contributed by atoms with Crippen molar-refractivity contribution in [3.05, 3.63) is 16.2 Å². The number of nitrogens with two attached hydrogens (primary N) is 1. The van der Waals surface area contributed by atoms with Gasteiger partial charge in [-0.15, -0.1) is 0 Å². The molecule has 1 heterocycles. The first-order valence-corrected chi connectivity index (χ1v) is 6.91. The normalized spacial score (nSPS) is 16.4. The van der Waals surface area contributed by atoms with E-state index >= 15 is 0 Å². The molecule has 1 saturated carbocycles. The molecule has 0 unspecified atom stereocenters. The van der Waals surface area contributed by atoms with Gasteiger partial charge in [0.15, 0.2) is 0 Å². The van der Waals surface area contributed by atoms with E-state index in [1.807, 2.05) is 0 Å². The van der Waals surface area contributed by atoms with Crippen molar-refractivity contribution in [3.8, 4) is 0 Å². The number of nitrogens with zero attached hydrogens (tertiary/aromatic N) is 2. The van der Waals surface area contributed by atoms with E-state index in [0.29, 0.717) is 6.04 Å². The fraction of sp³-hybridized carbons (Fsp3) is 0.750. The summed E-state index contributed by atoms with van der Waals surface area (Å²) in [5.41, 5.74) is 5.57. The van der Waals surface area contributed by atoms with Crippen LogP contribution in [-0.2, 0) is 31.9 Å². The fourth-order valence-electron chi connectivity index (χ4n) is 1.37. The van der Waals surface area contributed by atoms with Gasteiger partial charge < -0.3 is 5.73 Å². The summed E-state index contributed by atoms with van der Waals surface area (Å²) in [4.78, 5) is 0. The maximum absolute atomic E-state index is 5.38. The van der Waals surface area contributed by atoms with Gasteiger partial charge in [0.2, 0.25) is 0 Å².